The number of benzene rings is 8. The van der Waals surface area contributed by atoms with Crippen LogP contribution in [-0.4, -0.2) is 8.42 Å². The van der Waals surface area contributed by atoms with Crippen LogP contribution in [-0.2, 0) is 15.3 Å². The zero-order chi connectivity index (χ0) is 37.8. The number of hydrogen-bond acceptors (Lipinski definition) is 4. The summed E-state index contributed by atoms with van der Waals surface area (Å²) < 4.78 is 29.5. The maximum atomic E-state index is 14.7. The molecular weight excluding hydrogens is 705 g/mol. The molecule has 0 fully saturated rings. The first-order chi connectivity index (χ1) is 27.3. The average Bonchev–Trinajstić information content (AvgIpc) is 3.45. The number of hydrogen-bond donors (Lipinski definition) is 0. The summed E-state index contributed by atoms with van der Waals surface area (Å²) in [6.07, 6.45) is 0. The minimum absolute atomic E-state index is 0.354. The monoisotopic (exact) mass is 740 g/mol. The fraction of sp³-hybridized carbons (Fsp3) is 0.0588. The Morgan fingerprint density at radius 1 is 0.357 bits per heavy atom. The first-order valence-electron chi connectivity index (χ1n) is 19.0. The van der Waals surface area contributed by atoms with Crippen molar-refractivity contribution >= 4 is 44.0 Å². The normalized spacial score (nSPS) is 15.0. The van der Waals surface area contributed by atoms with Crippen molar-refractivity contribution in [3.63, 3.8) is 0 Å². The number of anilines is 6. The summed E-state index contributed by atoms with van der Waals surface area (Å²) in [5.74, 6) is 0. The lowest BCUT2D eigenvalue weighted by Gasteiger charge is -2.37. The molecular formula is C51H36N2O2S. The van der Waals surface area contributed by atoms with Crippen LogP contribution in [0.2, 0.25) is 0 Å². The van der Waals surface area contributed by atoms with Crippen LogP contribution in [0.15, 0.2) is 192 Å². The van der Waals surface area contributed by atoms with Gasteiger partial charge in [-0.05, 0) is 94.0 Å². The van der Waals surface area contributed by atoms with Crippen molar-refractivity contribution in [1.29, 1.82) is 0 Å². The molecule has 0 aromatic heterocycles. The van der Waals surface area contributed by atoms with E-state index in [2.05, 4.69) is 181 Å². The van der Waals surface area contributed by atoms with Crippen molar-refractivity contribution in [1.82, 2.24) is 0 Å². The molecule has 0 N–H and O–H groups in total. The zero-order valence-electron chi connectivity index (χ0n) is 30.9. The van der Waals surface area contributed by atoms with Gasteiger partial charge >= 0.3 is 0 Å². The Balaban J connectivity index is 1.11. The summed E-state index contributed by atoms with van der Waals surface area (Å²) in [5.41, 5.74) is 16.1. The highest BCUT2D eigenvalue weighted by Gasteiger charge is 2.42. The van der Waals surface area contributed by atoms with Gasteiger partial charge in [-0.1, -0.05) is 135 Å². The Hall–Kier alpha value is -6.69. The highest BCUT2D eigenvalue weighted by Crippen LogP contribution is 2.55. The second kappa shape index (κ2) is 11.9. The van der Waals surface area contributed by atoms with Gasteiger partial charge in [-0.2, -0.15) is 0 Å². The first kappa shape index (κ1) is 32.7. The molecule has 0 atom stereocenters. The van der Waals surface area contributed by atoms with E-state index in [9.17, 15) is 8.42 Å². The molecule has 11 rings (SSSR count). The van der Waals surface area contributed by atoms with Crippen LogP contribution < -0.4 is 9.80 Å². The first-order valence-corrected chi connectivity index (χ1v) is 20.5. The summed E-state index contributed by atoms with van der Waals surface area (Å²) in [7, 11) is -3.85. The highest BCUT2D eigenvalue weighted by molar-refractivity contribution is 7.91. The Morgan fingerprint density at radius 3 is 0.929 bits per heavy atom. The van der Waals surface area contributed by atoms with E-state index in [0.29, 0.717) is 9.79 Å². The van der Waals surface area contributed by atoms with Crippen molar-refractivity contribution in [2.24, 2.45) is 0 Å². The molecule has 4 nitrogen and oxygen atoms in total. The third kappa shape index (κ3) is 4.55. The van der Waals surface area contributed by atoms with E-state index < -0.39 is 15.3 Å². The molecule has 0 unspecified atom stereocenters. The number of rotatable bonds is 2. The zero-order valence-corrected chi connectivity index (χ0v) is 31.8. The minimum atomic E-state index is -3.85. The van der Waals surface area contributed by atoms with E-state index in [1.165, 1.54) is 22.3 Å². The van der Waals surface area contributed by atoms with Crippen molar-refractivity contribution in [2.75, 3.05) is 9.80 Å². The molecule has 0 radical (unpaired) electrons. The number of sulfone groups is 1. The molecule has 0 bridgehead atoms. The van der Waals surface area contributed by atoms with E-state index in [1.807, 2.05) is 24.3 Å². The van der Waals surface area contributed by atoms with E-state index in [1.54, 1.807) is 0 Å². The lowest BCUT2D eigenvalue weighted by atomic mass is 9.77. The molecule has 0 amide bonds. The Labute approximate surface area is 327 Å². The molecule has 3 aliphatic heterocycles. The van der Waals surface area contributed by atoms with Gasteiger partial charge in [0.1, 0.15) is 0 Å². The van der Waals surface area contributed by atoms with Crippen LogP contribution in [0.3, 0.4) is 0 Å². The lowest BCUT2D eigenvalue weighted by Crippen LogP contribution is -2.30. The number of nitrogens with zero attached hydrogens (tertiary/aromatic N) is 2. The van der Waals surface area contributed by atoms with Crippen molar-refractivity contribution in [3.05, 3.63) is 193 Å². The summed E-state index contributed by atoms with van der Waals surface area (Å²) in [6, 6.07) is 62.9. The smallest absolute Gasteiger partial charge is 0.207 e. The largest absolute Gasteiger partial charge is 0.309 e. The summed E-state index contributed by atoms with van der Waals surface area (Å²) in [4.78, 5) is 5.30. The van der Waals surface area contributed by atoms with E-state index >= 15 is 0 Å². The molecule has 0 saturated heterocycles. The fourth-order valence-electron chi connectivity index (χ4n) is 9.33. The van der Waals surface area contributed by atoms with E-state index in [-0.39, 0.29) is 0 Å². The van der Waals surface area contributed by atoms with Gasteiger partial charge in [-0.25, -0.2) is 8.42 Å². The minimum Gasteiger partial charge on any atom is -0.309 e. The summed E-state index contributed by atoms with van der Waals surface area (Å²) in [5, 5.41) is 0. The SMILES string of the molecule is CC1(C)c2cc(N3c4ccccc4-c4ccccc4-c4ccccc43)ccc2S(=O)(=O)c2ccc(N3c4ccccc4-c4ccccc4-c4ccccc43)cc21. The topological polar surface area (TPSA) is 40.6 Å². The van der Waals surface area contributed by atoms with Gasteiger partial charge in [-0.3, -0.25) is 0 Å². The fourth-order valence-corrected chi connectivity index (χ4v) is 11.3. The molecule has 3 heterocycles. The second-order valence-electron chi connectivity index (χ2n) is 15.3. The number of fused-ring (bicyclic) bond motifs is 12. The van der Waals surface area contributed by atoms with Gasteiger partial charge in [0.05, 0.1) is 32.5 Å². The Bertz CT molecular complexity index is 2720. The van der Waals surface area contributed by atoms with Gasteiger partial charge in [-0.15, -0.1) is 0 Å². The molecule has 3 aliphatic rings. The van der Waals surface area contributed by atoms with Crippen molar-refractivity contribution < 1.29 is 8.42 Å². The van der Waals surface area contributed by atoms with Crippen LogP contribution in [0.4, 0.5) is 34.1 Å². The van der Waals surface area contributed by atoms with Crippen LogP contribution >= 0.6 is 0 Å². The molecule has 0 saturated carbocycles. The van der Waals surface area contributed by atoms with Crippen molar-refractivity contribution in [2.45, 2.75) is 29.1 Å². The van der Waals surface area contributed by atoms with Gasteiger partial charge in [0.15, 0.2) is 0 Å². The molecule has 56 heavy (non-hydrogen) atoms. The number of para-hydroxylation sites is 4. The van der Waals surface area contributed by atoms with Crippen LogP contribution in [0.1, 0.15) is 25.0 Å². The molecule has 5 heteroatoms. The predicted molar refractivity (Wildman–Crippen MR) is 229 cm³/mol. The Kier molecular flexibility index (Phi) is 6.95. The average molecular weight is 741 g/mol. The van der Waals surface area contributed by atoms with Crippen LogP contribution in [0.5, 0.6) is 0 Å². The van der Waals surface area contributed by atoms with Gasteiger partial charge < -0.3 is 9.80 Å². The molecule has 268 valence electrons. The second-order valence-corrected chi connectivity index (χ2v) is 17.2. The lowest BCUT2D eigenvalue weighted by molar-refractivity contribution is 0.556. The summed E-state index contributed by atoms with van der Waals surface area (Å²) in [6.45, 7) is 4.32. The predicted octanol–water partition coefficient (Wildman–Crippen LogP) is 13.4. The van der Waals surface area contributed by atoms with E-state index in [4.69, 9.17) is 0 Å². The third-order valence-electron chi connectivity index (χ3n) is 12.0. The van der Waals surface area contributed by atoms with Gasteiger partial charge in [0.2, 0.25) is 9.84 Å². The molecule has 8 aromatic rings. The van der Waals surface area contributed by atoms with E-state index in [0.717, 1.165) is 67.5 Å². The standard InChI is InChI=1S/C51H36N2O2S/c1-51(2)43-31-33(52-45-23-11-7-19-39(45)35-15-3-4-16-36(35)40-20-8-12-24-46(40)52)27-29-49(43)56(54,55)50-30-28-34(32-44(50)51)53-47-25-13-9-21-41(47)37-17-5-6-18-38(37)42-22-10-14-26-48(42)53/h3-32H,1-2H3. The maximum absolute atomic E-state index is 14.7. The molecule has 8 aromatic carbocycles. The van der Waals surface area contributed by atoms with Crippen LogP contribution in [0.25, 0.3) is 44.5 Å². The maximum Gasteiger partial charge on any atom is 0.207 e. The van der Waals surface area contributed by atoms with Crippen molar-refractivity contribution in [3.8, 4) is 44.5 Å². The Morgan fingerprint density at radius 2 is 0.625 bits per heavy atom. The van der Waals surface area contributed by atoms with Gasteiger partial charge in [0, 0.05) is 39.0 Å². The molecule has 0 spiro atoms. The highest BCUT2D eigenvalue weighted by atomic mass is 32.2. The quantitative estimate of drug-likeness (QED) is 0.177. The van der Waals surface area contributed by atoms with Gasteiger partial charge in [0.25, 0.3) is 0 Å². The molecule has 0 aliphatic carbocycles. The summed E-state index contributed by atoms with van der Waals surface area (Å²) >= 11 is 0. The van der Waals surface area contributed by atoms with Crippen LogP contribution in [0, 0.1) is 0 Å². The third-order valence-corrected chi connectivity index (χ3v) is 13.8.